The Bertz CT molecular complexity index is 402. The molecule has 0 amide bonds. The second kappa shape index (κ2) is 15.4. The molecule has 0 fully saturated rings. The van der Waals surface area contributed by atoms with Gasteiger partial charge >= 0.3 is 19.5 Å². The van der Waals surface area contributed by atoms with Gasteiger partial charge in [0.25, 0.3) is 0 Å². The minimum atomic E-state index is 0. The molecule has 0 spiro atoms. The molecule has 0 aliphatic heterocycles. The first-order valence-electron chi connectivity index (χ1n) is 5.58. The topological polar surface area (TPSA) is 0 Å². The standard InChI is InChI=1S/C8H10.C8H8.2ClH.Zn/c2*1-2-8-6-4-3-5-7-8;;;/h3-7H,2H2,1H3;2-7H,1H2;2*1H;/q;;;;+2/p-2. The van der Waals surface area contributed by atoms with Crippen molar-refractivity contribution < 1.29 is 44.3 Å². The first-order valence-corrected chi connectivity index (χ1v) is 5.58. The molecule has 19 heavy (non-hydrogen) atoms. The summed E-state index contributed by atoms with van der Waals surface area (Å²) in [7, 11) is 0. The SMILES string of the molecule is C=Cc1ccccc1.CCc1ccccc1.[Cl-].[Cl-].[Zn+2]. The maximum absolute atomic E-state index is 3.63. The number of halogens is 2. The molecule has 0 unspecified atom stereocenters. The zero-order valence-electron chi connectivity index (χ0n) is 11.2. The average molecular weight is 347 g/mol. The van der Waals surface area contributed by atoms with Gasteiger partial charge in [0.15, 0.2) is 0 Å². The second-order valence-corrected chi connectivity index (χ2v) is 3.45. The monoisotopic (exact) mass is 344 g/mol. The van der Waals surface area contributed by atoms with Crippen LogP contribution in [0.25, 0.3) is 6.08 Å². The van der Waals surface area contributed by atoms with Crippen molar-refractivity contribution in [3.63, 3.8) is 0 Å². The first-order chi connectivity index (χ1) is 7.86. The van der Waals surface area contributed by atoms with Crippen molar-refractivity contribution in [3.8, 4) is 0 Å². The number of rotatable bonds is 2. The number of hydrogen-bond acceptors (Lipinski definition) is 0. The van der Waals surface area contributed by atoms with Crippen LogP contribution >= 0.6 is 0 Å². The van der Waals surface area contributed by atoms with E-state index in [9.17, 15) is 0 Å². The number of aryl methyl sites for hydroxylation is 1. The summed E-state index contributed by atoms with van der Waals surface area (Å²) in [6, 6.07) is 20.5. The van der Waals surface area contributed by atoms with Crippen LogP contribution in [0, 0.1) is 0 Å². The Morgan fingerprint density at radius 1 is 0.842 bits per heavy atom. The van der Waals surface area contributed by atoms with Crippen LogP contribution in [0.3, 0.4) is 0 Å². The molecule has 0 atom stereocenters. The Morgan fingerprint density at radius 2 is 1.26 bits per heavy atom. The van der Waals surface area contributed by atoms with Gasteiger partial charge in [0.2, 0.25) is 0 Å². The minimum Gasteiger partial charge on any atom is -1.00 e. The predicted molar refractivity (Wildman–Crippen MR) is 72.4 cm³/mol. The van der Waals surface area contributed by atoms with E-state index in [0.29, 0.717) is 0 Å². The molecule has 2 aromatic rings. The Morgan fingerprint density at radius 3 is 1.53 bits per heavy atom. The van der Waals surface area contributed by atoms with Crippen LogP contribution in [-0.4, -0.2) is 0 Å². The maximum Gasteiger partial charge on any atom is 2.00 e. The molecule has 0 N–H and O–H groups in total. The molecule has 0 aromatic heterocycles. The van der Waals surface area contributed by atoms with Crippen molar-refractivity contribution in [2.24, 2.45) is 0 Å². The average Bonchev–Trinajstić information content (AvgIpc) is 2.41. The molecule has 0 radical (unpaired) electrons. The fraction of sp³-hybridized carbons (Fsp3) is 0.125. The fourth-order valence-corrected chi connectivity index (χ4v) is 1.30. The summed E-state index contributed by atoms with van der Waals surface area (Å²) in [5, 5.41) is 0. The third kappa shape index (κ3) is 10.9. The van der Waals surface area contributed by atoms with Crippen molar-refractivity contribution in [2.45, 2.75) is 13.3 Å². The largest absolute Gasteiger partial charge is 2.00 e. The Labute approximate surface area is 141 Å². The number of benzene rings is 2. The minimum absolute atomic E-state index is 0. The van der Waals surface area contributed by atoms with E-state index in [1.54, 1.807) is 0 Å². The van der Waals surface area contributed by atoms with Crippen molar-refractivity contribution in [2.75, 3.05) is 0 Å². The van der Waals surface area contributed by atoms with E-state index in [1.165, 1.54) is 11.1 Å². The summed E-state index contributed by atoms with van der Waals surface area (Å²) in [6.07, 6.45) is 2.97. The van der Waals surface area contributed by atoms with Gasteiger partial charge in [-0.1, -0.05) is 80.2 Å². The van der Waals surface area contributed by atoms with Crippen LogP contribution < -0.4 is 24.8 Å². The van der Waals surface area contributed by atoms with Crippen LogP contribution in [0.15, 0.2) is 67.2 Å². The summed E-state index contributed by atoms with van der Waals surface area (Å²) in [5.74, 6) is 0. The summed E-state index contributed by atoms with van der Waals surface area (Å²) in [5.41, 5.74) is 2.58. The molecule has 3 heteroatoms. The molecule has 0 saturated heterocycles. The van der Waals surface area contributed by atoms with Crippen molar-refractivity contribution >= 4 is 6.08 Å². The van der Waals surface area contributed by atoms with Gasteiger partial charge in [0, 0.05) is 0 Å². The third-order valence-electron chi connectivity index (χ3n) is 2.29. The summed E-state index contributed by atoms with van der Waals surface area (Å²) >= 11 is 0. The molecule has 2 rings (SSSR count). The normalized spacial score (nSPS) is 7.42. The molecule has 0 heterocycles. The van der Waals surface area contributed by atoms with Crippen molar-refractivity contribution in [1.82, 2.24) is 0 Å². The van der Waals surface area contributed by atoms with Gasteiger partial charge in [0.1, 0.15) is 0 Å². The van der Waals surface area contributed by atoms with Gasteiger partial charge in [-0.25, -0.2) is 0 Å². The Balaban J connectivity index is -0.000000233. The molecule has 0 bridgehead atoms. The molecule has 0 aliphatic carbocycles. The van der Waals surface area contributed by atoms with E-state index < -0.39 is 0 Å². The molecular formula is C16H18Cl2Zn. The summed E-state index contributed by atoms with van der Waals surface area (Å²) in [6.45, 7) is 5.79. The van der Waals surface area contributed by atoms with E-state index in [1.807, 2.05) is 42.5 Å². The van der Waals surface area contributed by atoms with Crippen LogP contribution in [0.5, 0.6) is 0 Å². The molecular weight excluding hydrogens is 328 g/mol. The quantitative estimate of drug-likeness (QED) is 0.586. The van der Waals surface area contributed by atoms with Gasteiger partial charge in [-0.15, -0.1) is 0 Å². The maximum atomic E-state index is 3.63. The predicted octanol–water partition coefficient (Wildman–Crippen LogP) is -1.42. The fourth-order valence-electron chi connectivity index (χ4n) is 1.30. The zero-order valence-corrected chi connectivity index (χ0v) is 15.7. The van der Waals surface area contributed by atoms with Crippen LogP contribution in [0.2, 0.25) is 0 Å². The number of hydrogen-bond donors (Lipinski definition) is 0. The van der Waals surface area contributed by atoms with Gasteiger partial charge in [-0.3, -0.25) is 0 Å². The van der Waals surface area contributed by atoms with Crippen molar-refractivity contribution in [1.29, 1.82) is 0 Å². The van der Waals surface area contributed by atoms with Crippen LogP contribution in [0.1, 0.15) is 18.1 Å². The first kappa shape index (κ1) is 23.5. The molecule has 98 valence electrons. The van der Waals surface area contributed by atoms with Gasteiger partial charge in [-0.05, 0) is 17.5 Å². The van der Waals surface area contributed by atoms with Crippen LogP contribution in [-0.2, 0) is 25.9 Å². The zero-order chi connectivity index (χ0) is 11.6. The van der Waals surface area contributed by atoms with E-state index in [4.69, 9.17) is 0 Å². The van der Waals surface area contributed by atoms with Crippen molar-refractivity contribution in [3.05, 3.63) is 78.4 Å². The molecule has 0 aliphatic rings. The van der Waals surface area contributed by atoms with Gasteiger partial charge in [-0.2, -0.15) is 0 Å². The second-order valence-electron chi connectivity index (χ2n) is 3.45. The van der Waals surface area contributed by atoms with Gasteiger partial charge in [0.05, 0.1) is 0 Å². The molecule has 0 nitrogen and oxygen atoms in total. The Hall–Kier alpha value is -0.617. The Kier molecular flexibility index (Phi) is 19.1. The smallest absolute Gasteiger partial charge is 1.00 e. The van der Waals surface area contributed by atoms with Gasteiger partial charge < -0.3 is 24.8 Å². The molecule has 2 aromatic carbocycles. The summed E-state index contributed by atoms with van der Waals surface area (Å²) in [4.78, 5) is 0. The van der Waals surface area contributed by atoms with Crippen LogP contribution in [0.4, 0.5) is 0 Å². The van der Waals surface area contributed by atoms with E-state index in [-0.39, 0.29) is 44.3 Å². The molecule has 0 saturated carbocycles. The van der Waals surface area contributed by atoms with E-state index >= 15 is 0 Å². The van der Waals surface area contributed by atoms with E-state index in [2.05, 4.69) is 37.8 Å². The van der Waals surface area contributed by atoms with E-state index in [0.717, 1.165) is 6.42 Å². The summed E-state index contributed by atoms with van der Waals surface area (Å²) < 4.78 is 0. The third-order valence-corrected chi connectivity index (χ3v) is 2.29.